The standard InChI is InChI=1S/C13H15ClO/c1-9-6-7-11(14)8-12(9)13(15)10-4-2-3-5-10/h6-8,10H,2-5H2,1H3. The molecule has 0 atom stereocenters. The van der Waals surface area contributed by atoms with Gasteiger partial charge < -0.3 is 0 Å². The highest BCUT2D eigenvalue weighted by molar-refractivity contribution is 6.31. The first-order valence-corrected chi connectivity index (χ1v) is 5.86. The zero-order valence-electron chi connectivity index (χ0n) is 8.92. The molecule has 15 heavy (non-hydrogen) atoms. The zero-order valence-corrected chi connectivity index (χ0v) is 9.68. The highest BCUT2D eigenvalue weighted by atomic mass is 35.5. The van der Waals surface area contributed by atoms with Crippen LogP contribution >= 0.6 is 11.6 Å². The van der Waals surface area contributed by atoms with Gasteiger partial charge in [0, 0.05) is 16.5 Å². The minimum absolute atomic E-state index is 0.238. The van der Waals surface area contributed by atoms with E-state index < -0.39 is 0 Å². The molecule has 1 aromatic carbocycles. The van der Waals surface area contributed by atoms with Crippen LogP contribution in [0.25, 0.3) is 0 Å². The maximum atomic E-state index is 12.2. The van der Waals surface area contributed by atoms with Gasteiger partial charge in [0.25, 0.3) is 0 Å². The van der Waals surface area contributed by atoms with Crippen LogP contribution < -0.4 is 0 Å². The second-order valence-corrected chi connectivity index (χ2v) is 4.74. The van der Waals surface area contributed by atoms with Crippen molar-refractivity contribution in [2.45, 2.75) is 32.6 Å². The van der Waals surface area contributed by atoms with E-state index in [0.717, 1.165) is 24.0 Å². The summed E-state index contributed by atoms with van der Waals surface area (Å²) in [5, 5.41) is 0.655. The van der Waals surface area contributed by atoms with Crippen molar-refractivity contribution in [3.8, 4) is 0 Å². The van der Waals surface area contributed by atoms with Gasteiger partial charge >= 0.3 is 0 Å². The lowest BCUT2D eigenvalue weighted by Gasteiger charge is -2.10. The van der Waals surface area contributed by atoms with E-state index in [1.54, 1.807) is 6.07 Å². The Bertz CT molecular complexity index is 378. The lowest BCUT2D eigenvalue weighted by atomic mass is 9.93. The highest BCUT2D eigenvalue weighted by Crippen LogP contribution is 2.29. The Kier molecular flexibility index (Phi) is 3.11. The molecule has 0 radical (unpaired) electrons. The normalized spacial score (nSPS) is 16.9. The molecule has 0 saturated heterocycles. The molecule has 0 N–H and O–H groups in total. The average molecular weight is 223 g/mol. The molecule has 0 unspecified atom stereocenters. The van der Waals surface area contributed by atoms with E-state index in [1.165, 1.54) is 12.8 Å². The zero-order chi connectivity index (χ0) is 10.8. The summed E-state index contributed by atoms with van der Waals surface area (Å²) >= 11 is 5.92. The van der Waals surface area contributed by atoms with Gasteiger partial charge in [0.2, 0.25) is 0 Å². The Labute approximate surface area is 95.4 Å². The van der Waals surface area contributed by atoms with Crippen molar-refractivity contribution >= 4 is 17.4 Å². The molecule has 0 amide bonds. The summed E-state index contributed by atoms with van der Waals surface area (Å²) in [5.41, 5.74) is 1.85. The number of carbonyl (C=O) groups is 1. The summed E-state index contributed by atoms with van der Waals surface area (Å²) < 4.78 is 0. The van der Waals surface area contributed by atoms with E-state index >= 15 is 0 Å². The van der Waals surface area contributed by atoms with Crippen LogP contribution in [0.1, 0.15) is 41.6 Å². The Morgan fingerprint density at radius 1 is 1.33 bits per heavy atom. The van der Waals surface area contributed by atoms with Gasteiger partial charge in [-0.25, -0.2) is 0 Å². The fourth-order valence-electron chi connectivity index (χ4n) is 2.27. The first-order chi connectivity index (χ1) is 7.18. The minimum Gasteiger partial charge on any atom is -0.294 e. The van der Waals surface area contributed by atoms with Crippen molar-refractivity contribution in [3.63, 3.8) is 0 Å². The Morgan fingerprint density at radius 3 is 2.67 bits per heavy atom. The number of benzene rings is 1. The maximum Gasteiger partial charge on any atom is 0.166 e. The first kappa shape index (κ1) is 10.7. The van der Waals surface area contributed by atoms with Crippen molar-refractivity contribution in [1.29, 1.82) is 0 Å². The molecule has 1 aliphatic rings. The van der Waals surface area contributed by atoms with Crippen molar-refractivity contribution in [1.82, 2.24) is 0 Å². The quantitative estimate of drug-likeness (QED) is 0.691. The third-order valence-electron chi connectivity index (χ3n) is 3.19. The monoisotopic (exact) mass is 222 g/mol. The van der Waals surface area contributed by atoms with Gasteiger partial charge in [-0.05, 0) is 37.5 Å². The SMILES string of the molecule is Cc1ccc(Cl)cc1C(=O)C1CCCC1. The van der Waals surface area contributed by atoms with Crippen LogP contribution in [-0.2, 0) is 0 Å². The lowest BCUT2D eigenvalue weighted by Crippen LogP contribution is -2.12. The Balaban J connectivity index is 2.27. The Hall–Kier alpha value is -0.820. The molecule has 1 saturated carbocycles. The fraction of sp³-hybridized carbons (Fsp3) is 0.462. The predicted octanol–water partition coefficient (Wildman–Crippen LogP) is 4.02. The van der Waals surface area contributed by atoms with Gasteiger partial charge in [0.1, 0.15) is 0 Å². The van der Waals surface area contributed by atoms with Crippen LogP contribution in [0.15, 0.2) is 18.2 Å². The molecule has 2 rings (SSSR count). The summed E-state index contributed by atoms with van der Waals surface area (Å²) in [6, 6.07) is 5.56. The average Bonchev–Trinajstić information content (AvgIpc) is 2.74. The molecule has 1 nitrogen and oxygen atoms in total. The molecule has 2 heteroatoms. The predicted molar refractivity (Wildman–Crippen MR) is 62.5 cm³/mol. The number of ketones is 1. The smallest absolute Gasteiger partial charge is 0.166 e. The molecule has 80 valence electrons. The molecule has 1 aliphatic carbocycles. The molecular formula is C13H15ClO. The number of Topliss-reactive ketones (excluding diaryl/α,β-unsaturated/α-hetero) is 1. The van der Waals surface area contributed by atoms with E-state index in [2.05, 4.69) is 0 Å². The lowest BCUT2D eigenvalue weighted by molar-refractivity contribution is 0.0922. The van der Waals surface area contributed by atoms with Crippen LogP contribution in [0.3, 0.4) is 0 Å². The van der Waals surface area contributed by atoms with Gasteiger partial charge in [0.15, 0.2) is 5.78 Å². The molecule has 0 heterocycles. The van der Waals surface area contributed by atoms with Crippen molar-refractivity contribution in [2.24, 2.45) is 5.92 Å². The fourth-order valence-corrected chi connectivity index (χ4v) is 2.44. The summed E-state index contributed by atoms with van der Waals surface area (Å²) in [6.45, 7) is 1.97. The Morgan fingerprint density at radius 2 is 2.00 bits per heavy atom. The number of aryl methyl sites for hydroxylation is 1. The largest absolute Gasteiger partial charge is 0.294 e. The highest BCUT2D eigenvalue weighted by Gasteiger charge is 2.24. The number of hydrogen-bond donors (Lipinski definition) is 0. The first-order valence-electron chi connectivity index (χ1n) is 5.49. The van der Waals surface area contributed by atoms with Crippen LogP contribution in [0, 0.1) is 12.8 Å². The summed E-state index contributed by atoms with van der Waals surface area (Å²) in [6.07, 6.45) is 4.47. The van der Waals surface area contributed by atoms with Crippen LogP contribution in [0.4, 0.5) is 0 Å². The second kappa shape index (κ2) is 4.36. The minimum atomic E-state index is 0.238. The van der Waals surface area contributed by atoms with E-state index in [4.69, 9.17) is 11.6 Å². The second-order valence-electron chi connectivity index (χ2n) is 4.30. The third-order valence-corrected chi connectivity index (χ3v) is 3.43. The molecule has 0 aliphatic heterocycles. The topological polar surface area (TPSA) is 17.1 Å². The van der Waals surface area contributed by atoms with Gasteiger partial charge in [-0.1, -0.05) is 30.5 Å². The van der Waals surface area contributed by atoms with E-state index in [9.17, 15) is 4.79 Å². The van der Waals surface area contributed by atoms with E-state index in [0.29, 0.717) is 5.02 Å². The van der Waals surface area contributed by atoms with Gasteiger partial charge in [-0.15, -0.1) is 0 Å². The molecule has 1 aromatic rings. The number of halogens is 1. The maximum absolute atomic E-state index is 12.2. The van der Waals surface area contributed by atoms with Crippen molar-refractivity contribution in [2.75, 3.05) is 0 Å². The van der Waals surface area contributed by atoms with Crippen LogP contribution in [-0.4, -0.2) is 5.78 Å². The van der Waals surface area contributed by atoms with Gasteiger partial charge in [-0.2, -0.15) is 0 Å². The third kappa shape index (κ3) is 2.23. The molecule has 0 bridgehead atoms. The number of carbonyl (C=O) groups excluding carboxylic acids is 1. The van der Waals surface area contributed by atoms with Gasteiger partial charge in [0.05, 0.1) is 0 Å². The molecule has 0 spiro atoms. The van der Waals surface area contributed by atoms with Crippen molar-refractivity contribution in [3.05, 3.63) is 34.3 Å². The molecular weight excluding hydrogens is 208 g/mol. The molecule has 0 aromatic heterocycles. The summed E-state index contributed by atoms with van der Waals surface area (Å²) in [7, 11) is 0. The number of rotatable bonds is 2. The summed E-state index contributed by atoms with van der Waals surface area (Å²) in [4.78, 5) is 12.2. The van der Waals surface area contributed by atoms with E-state index in [-0.39, 0.29) is 11.7 Å². The van der Waals surface area contributed by atoms with Gasteiger partial charge in [-0.3, -0.25) is 4.79 Å². The van der Waals surface area contributed by atoms with Crippen LogP contribution in [0.5, 0.6) is 0 Å². The summed E-state index contributed by atoms with van der Waals surface area (Å²) in [5.74, 6) is 0.523. The number of hydrogen-bond acceptors (Lipinski definition) is 1. The van der Waals surface area contributed by atoms with E-state index in [1.807, 2.05) is 19.1 Å². The van der Waals surface area contributed by atoms with Crippen LogP contribution in [0.2, 0.25) is 5.02 Å². The van der Waals surface area contributed by atoms with Crippen molar-refractivity contribution < 1.29 is 4.79 Å². The molecule has 1 fully saturated rings.